The fourth-order valence-corrected chi connectivity index (χ4v) is 6.59. The third kappa shape index (κ3) is 4.75. The maximum absolute atomic E-state index is 13.0. The van der Waals surface area contributed by atoms with Crippen LogP contribution in [0.4, 0.5) is 11.4 Å². The van der Waals surface area contributed by atoms with E-state index < -0.39 is 29.5 Å². The SMILES string of the molecule is COc1ccc(NC(=O)c2ccccc2NC(=O)COC(=O)C23CC4CC(CC(O)(C4)C2)C3)cc1. The van der Waals surface area contributed by atoms with E-state index in [1.807, 2.05) is 0 Å². The predicted molar refractivity (Wildman–Crippen MR) is 129 cm³/mol. The second-order valence-corrected chi connectivity index (χ2v) is 10.3. The van der Waals surface area contributed by atoms with Crippen molar-refractivity contribution in [3.63, 3.8) is 0 Å². The summed E-state index contributed by atoms with van der Waals surface area (Å²) >= 11 is 0. The average molecular weight is 479 g/mol. The van der Waals surface area contributed by atoms with Crippen molar-refractivity contribution >= 4 is 29.2 Å². The topological polar surface area (TPSA) is 114 Å². The van der Waals surface area contributed by atoms with Crippen molar-refractivity contribution in [3.05, 3.63) is 54.1 Å². The van der Waals surface area contributed by atoms with E-state index in [1.165, 1.54) is 0 Å². The van der Waals surface area contributed by atoms with Gasteiger partial charge in [-0.1, -0.05) is 12.1 Å². The number of aliphatic hydroxyl groups is 1. The van der Waals surface area contributed by atoms with E-state index in [9.17, 15) is 19.5 Å². The van der Waals surface area contributed by atoms with Gasteiger partial charge in [-0.25, -0.2) is 0 Å². The first-order valence-corrected chi connectivity index (χ1v) is 12.0. The van der Waals surface area contributed by atoms with E-state index in [1.54, 1.807) is 55.6 Å². The Labute approximate surface area is 204 Å². The van der Waals surface area contributed by atoms with Crippen LogP contribution in [0.2, 0.25) is 0 Å². The van der Waals surface area contributed by atoms with E-state index >= 15 is 0 Å². The zero-order chi connectivity index (χ0) is 24.6. The molecule has 2 atom stereocenters. The second kappa shape index (κ2) is 9.00. The molecule has 2 aromatic carbocycles. The minimum absolute atomic E-state index is 0.284. The second-order valence-electron chi connectivity index (χ2n) is 10.3. The monoisotopic (exact) mass is 478 g/mol. The number of amides is 2. The van der Waals surface area contributed by atoms with E-state index in [2.05, 4.69) is 10.6 Å². The Morgan fingerprint density at radius 1 is 0.971 bits per heavy atom. The van der Waals surface area contributed by atoms with Gasteiger partial charge in [-0.3, -0.25) is 14.4 Å². The number of hydrogen-bond acceptors (Lipinski definition) is 6. The molecule has 0 radical (unpaired) electrons. The van der Waals surface area contributed by atoms with Gasteiger partial charge in [0.15, 0.2) is 6.61 Å². The van der Waals surface area contributed by atoms with Crippen molar-refractivity contribution in [3.8, 4) is 5.75 Å². The zero-order valence-corrected chi connectivity index (χ0v) is 19.7. The van der Waals surface area contributed by atoms with Crippen molar-refractivity contribution < 1.29 is 29.0 Å². The highest BCUT2D eigenvalue weighted by Crippen LogP contribution is 2.61. The van der Waals surface area contributed by atoms with Crippen LogP contribution < -0.4 is 15.4 Å². The Hall–Kier alpha value is -3.39. The Morgan fingerprint density at radius 2 is 1.66 bits per heavy atom. The number of nitrogens with one attached hydrogen (secondary N) is 2. The Kier molecular flexibility index (Phi) is 6.01. The summed E-state index contributed by atoms with van der Waals surface area (Å²) in [6, 6.07) is 13.6. The highest BCUT2D eigenvalue weighted by atomic mass is 16.5. The van der Waals surface area contributed by atoms with Crippen LogP contribution in [0, 0.1) is 17.3 Å². The van der Waals surface area contributed by atoms with Crippen molar-refractivity contribution in [2.75, 3.05) is 24.4 Å². The molecule has 0 spiro atoms. The highest BCUT2D eigenvalue weighted by molar-refractivity contribution is 6.10. The lowest BCUT2D eigenvalue weighted by Gasteiger charge is -2.58. The number of benzene rings is 2. The molecule has 2 aromatic rings. The van der Waals surface area contributed by atoms with Crippen LogP contribution in [0.5, 0.6) is 5.75 Å². The number of anilines is 2. The lowest BCUT2D eigenvalue weighted by Crippen LogP contribution is -2.58. The predicted octanol–water partition coefficient (Wildman–Crippen LogP) is 3.76. The molecule has 6 rings (SSSR count). The van der Waals surface area contributed by atoms with Gasteiger partial charge in [-0.15, -0.1) is 0 Å². The van der Waals surface area contributed by atoms with E-state index in [0.717, 1.165) is 32.1 Å². The van der Waals surface area contributed by atoms with Crippen molar-refractivity contribution in [1.82, 2.24) is 0 Å². The van der Waals surface area contributed by atoms with Gasteiger partial charge in [-0.2, -0.15) is 0 Å². The molecule has 4 aliphatic rings. The van der Waals surface area contributed by atoms with E-state index in [0.29, 0.717) is 35.4 Å². The summed E-state index contributed by atoms with van der Waals surface area (Å²) in [6.07, 6.45) is 4.44. The van der Waals surface area contributed by atoms with Crippen LogP contribution in [0.3, 0.4) is 0 Å². The number of para-hydroxylation sites is 1. The summed E-state index contributed by atoms with van der Waals surface area (Å²) < 4.78 is 10.6. The smallest absolute Gasteiger partial charge is 0.312 e. The first kappa shape index (κ1) is 23.4. The molecule has 0 saturated heterocycles. The maximum Gasteiger partial charge on any atom is 0.312 e. The maximum atomic E-state index is 13.0. The van der Waals surface area contributed by atoms with E-state index in [4.69, 9.17) is 9.47 Å². The van der Waals surface area contributed by atoms with Gasteiger partial charge in [0, 0.05) is 5.69 Å². The summed E-state index contributed by atoms with van der Waals surface area (Å²) in [5.74, 6) is 0.0624. The molecule has 0 aliphatic heterocycles. The van der Waals surface area contributed by atoms with Crippen LogP contribution in [-0.4, -0.2) is 42.2 Å². The number of carbonyl (C=O) groups is 3. The van der Waals surface area contributed by atoms with Gasteiger partial charge in [0.2, 0.25) is 0 Å². The number of carbonyl (C=O) groups excluding carboxylic acids is 3. The number of esters is 1. The fraction of sp³-hybridized carbons (Fsp3) is 0.444. The molecule has 2 amide bonds. The zero-order valence-electron chi connectivity index (χ0n) is 19.7. The Balaban J connectivity index is 1.20. The van der Waals surface area contributed by atoms with Gasteiger partial charge in [-0.05, 0) is 86.8 Å². The fourth-order valence-electron chi connectivity index (χ4n) is 6.59. The van der Waals surface area contributed by atoms with Crippen LogP contribution >= 0.6 is 0 Å². The van der Waals surface area contributed by atoms with Gasteiger partial charge >= 0.3 is 5.97 Å². The van der Waals surface area contributed by atoms with Gasteiger partial charge in [0.05, 0.1) is 29.4 Å². The number of methoxy groups -OCH3 is 1. The summed E-state index contributed by atoms with van der Waals surface area (Å²) in [5, 5.41) is 16.4. The first-order valence-electron chi connectivity index (χ1n) is 12.0. The molecule has 4 aliphatic carbocycles. The van der Waals surface area contributed by atoms with Gasteiger partial charge in [0.1, 0.15) is 5.75 Å². The summed E-state index contributed by atoms with van der Waals surface area (Å²) in [5.41, 5.74) is -0.269. The quantitative estimate of drug-likeness (QED) is 0.522. The molecule has 0 heterocycles. The van der Waals surface area contributed by atoms with Crippen LogP contribution in [0.15, 0.2) is 48.5 Å². The van der Waals surface area contributed by atoms with Crippen LogP contribution in [0.1, 0.15) is 48.9 Å². The Bertz CT molecular complexity index is 1130. The number of rotatable bonds is 7. The molecule has 8 heteroatoms. The lowest BCUT2D eigenvalue weighted by atomic mass is 9.48. The van der Waals surface area contributed by atoms with Crippen LogP contribution in [-0.2, 0) is 14.3 Å². The largest absolute Gasteiger partial charge is 0.497 e. The third-order valence-electron chi connectivity index (χ3n) is 7.59. The molecule has 184 valence electrons. The molecule has 35 heavy (non-hydrogen) atoms. The molecule has 4 fully saturated rings. The molecule has 0 aromatic heterocycles. The molecule has 2 unspecified atom stereocenters. The first-order chi connectivity index (χ1) is 16.8. The molecule has 4 bridgehead atoms. The summed E-state index contributed by atoms with van der Waals surface area (Å²) in [7, 11) is 1.57. The van der Waals surface area contributed by atoms with Gasteiger partial charge < -0.3 is 25.2 Å². The number of ether oxygens (including phenoxy) is 2. The normalized spacial score (nSPS) is 28.3. The summed E-state index contributed by atoms with van der Waals surface area (Å²) in [6.45, 7) is -0.442. The van der Waals surface area contributed by atoms with Crippen molar-refractivity contribution in [2.24, 2.45) is 17.3 Å². The van der Waals surface area contributed by atoms with E-state index in [-0.39, 0.29) is 11.5 Å². The minimum atomic E-state index is -0.776. The molecular formula is C27H30N2O6. The standard InChI is InChI=1S/C27H30N2O6/c1-34-20-8-6-19(7-9-20)28-24(31)21-4-2-3-5-22(21)29-23(30)15-35-25(32)26-11-17-10-18(12-26)14-27(33,13-17)16-26/h2-9,17-18,33H,10-16H2,1H3,(H,28,31)(H,29,30). The van der Waals surface area contributed by atoms with Gasteiger partial charge in [0.25, 0.3) is 11.8 Å². The van der Waals surface area contributed by atoms with Crippen LogP contribution in [0.25, 0.3) is 0 Å². The molecule has 8 nitrogen and oxygen atoms in total. The number of hydrogen-bond donors (Lipinski definition) is 3. The Morgan fingerprint density at radius 3 is 2.31 bits per heavy atom. The molecule has 3 N–H and O–H groups in total. The van der Waals surface area contributed by atoms with Crippen molar-refractivity contribution in [2.45, 2.75) is 44.1 Å². The molecular weight excluding hydrogens is 448 g/mol. The average Bonchev–Trinajstić information content (AvgIpc) is 2.81. The third-order valence-corrected chi connectivity index (χ3v) is 7.59. The van der Waals surface area contributed by atoms with Crippen molar-refractivity contribution in [1.29, 1.82) is 0 Å². The highest BCUT2D eigenvalue weighted by Gasteiger charge is 2.60. The minimum Gasteiger partial charge on any atom is -0.497 e. The molecule has 4 saturated carbocycles. The summed E-state index contributed by atoms with van der Waals surface area (Å²) in [4.78, 5) is 38.5. The lowest BCUT2D eigenvalue weighted by molar-refractivity contribution is -0.196.